The molecule has 0 N–H and O–H groups in total. The van der Waals surface area contributed by atoms with Gasteiger partial charge in [0.2, 0.25) is 0 Å². The number of benzene rings is 1. The zero-order valence-electron chi connectivity index (χ0n) is 9.43. The maximum Gasteiger partial charge on any atom is 0.175 e. The van der Waals surface area contributed by atoms with Crippen LogP contribution in [0, 0.1) is 0 Å². The van der Waals surface area contributed by atoms with Crippen molar-refractivity contribution >= 4 is 16.1 Å². The third kappa shape index (κ3) is 2.61. The van der Waals surface area contributed by atoms with Crippen LogP contribution < -0.4 is 4.74 Å². The van der Waals surface area contributed by atoms with Gasteiger partial charge in [0.1, 0.15) is 12.0 Å². The smallest absolute Gasteiger partial charge is 0.175 e. The summed E-state index contributed by atoms with van der Waals surface area (Å²) in [6.07, 6.45) is 1.88. The number of hydrogen-bond donors (Lipinski definition) is 0. The quantitative estimate of drug-likeness (QED) is 0.749. The Kier molecular flexibility index (Phi) is 3.70. The average Bonchev–Trinajstić information content (AvgIpc) is 2.25. The van der Waals surface area contributed by atoms with E-state index in [-0.39, 0.29) is 4.90 Å². The Morgan fingerprint density at radius 2 is 2.00 bits per heavy atom. The Balaban J connectivity index is 3.38. The molecule has 5 heteroatoms. The minimum atomic E-state index is -3.26. The fourth-order valence-corrected chi connectivity index (χ4v) is 2.03. The molecule has 0 aliphatic heterocycles. The Hall–Kier alpha value is -1.36. The summed E-state index contributed by atoms with van der Waals surface area (Å²) >= 11 is 0. The number of rotatable bonds is 4. The van der Waals surface area contributed by atoms with E-state index in [2.05, 4.69) is 0 Å². The van der Waals surface area contributed by atoms with Crippen molar-refractivity contribution in [3.05, 3.63) is 23.8 Å². The first-order valence-corrected chi connectivity index (χ1v) is 6.62. The van der Waals surface area contributed by atoms with Crippen molar-refractivity contribution in [1.29, 1.82) is 0 Å². The Bertz CT molecular complexity index is 491. The van der Waals surface area contributed by atoms with Gasteiger partial charge in [-0.15, -0.1) is 0 Å². The Morgan fingerprint density at radius 1 is 1.38 bits per heavy atom. The lowest BCUT2D eigenvalue weighted by Gasteiger charge is -2.12. The lowest BCUT2D eigenvalue weighted by Crippen LogP contribution is -2.03. The zero-order valence-corrected chi connectivity index (χ0v) is 10.2. The van der Waals surface area contributed by atoms with Gasteiger partial charge in [0.05, 0.1) is 12.0 Å². The van der Waals surface area contributed by atoms with E-state index in [1.165, 1.54) is 19.2 Å². The molecule has 1 aromatic rings. The molecule has 0 bridgehead atoms. The van der Waals surface area contributed by atoms with Crippen LogP contribution in [-0.2, 0) is 14.6 Å². The topological polar surface area (TPSA) is 60.4 Å². The van der Waals surface area contributed by atoms with Gasteiger partial charge in [-0.1, -0.05) is 6.92 Å². The van der Waals surface area contributed by atoms with Crippen LogP contribution in [-0.4, -0.2) is 28.1 Å². The predicted molar refractivity (Wildman–Crippen MR) is 60.6 cm³/mol. The fraction of sp³-hybridized carbons (Fsp3) is 0.364. The molecule has 0 saturated carbocycles. The third-order valence-electron chi connectivity index (χ3n) is 2.32. The van der Waals surface area contributed by atoms with Crippen LogP contribution in [0.2, 0.25) is 0 Å². The number of carbonyl (C=O) groups excluding carboxylic acids is 1. The Morgan fingerprint density at radius 3 is 2.44 bits per heavy atom. The van der Waals surface area contributed by atoms with E-state index in [0.717, 1.165) is 12.5 Å². The van der Waals surface area contributed by atoms with Crippen molar-refractivity contribution in [3.63, 3.8) is 0 Å². The van der Waals surface area contributed by atoms with E-state index in [4.69, 9.17) is 4.74 Å². The molecule has 0 aliphatic carbocycles. The molecule has 88 valence electrons. The fourth-order valence-electron chi connectivity index (χ4n) is 1.37. The van der Waals surface area contributed by atoms with Gasteiger partial charge in [0.15, 0.2) is 9.84 Å². The van der Waals surface area contributed by atoms with Gasteiger partial charge in [-0.3, -0.25) is 0 Å². The predicted octanol–water partition coefficient (Wildman–Crippen LogP) is 1.40. The van der Waals surface area contributed by atoms with Crippen molar-refractivity contribution in [2.75, 3.05) is 13.4 Å². The summed E-state index contributed by atoms with van der Waals surface area (Å²) in [4.78, 5) is 10.9. The van der Waals surface area contributed by atoms with Crippen molar-refractivity contribution in [1.82, 2.24) is 0 Å². The first-order chi connectivity index (χ1) is 7.40. The highest BCUT2D eigenvalue weighted by atomic mass is 32.2. The second kappa shape index (κ2) is 4.65. The molecule has 0 amide bonds. The van der Waals surface area contributed by atoms with Gasteiger partial charge >= 0.3 is 0 Å². The number of hydrogen-bond acceptors (Lipinski definition) is 4. The zero-order chi connectivity index (χ0) is 12.3. The highest BCUT2D eigenvalue weighted by Crippen LogP contribution is 2.28. The monoisotopic (exact) mass is 242 g/mol. The molecule has 1 atom stereocenters. The second-order valence-electron chi connectivity index (χ2n) is 3.60. The van der Waals surface area contributed by atoms with E-state index in [1.54, 1.807) is 13.0 Å². The van der Waals surface area contributed by atoms with Crippen LogP contribution in [0.3, 0.4) is 0 Å². The molecule has 0 aromatic heterocycles. The van der Waals surface area contributed by atoms with Crippen LogP contribution in [0.5, 0.6) is 5.75 Å². The molecule has 1 rings (SSSR count). The number of carbonyl (C=O) groups is 1. The SMILES string of the molecule is COc1ccc(S(C)(=O)=O)cc1C(C)C=O. The minimum Gasteiger partial charge on any atom is -0.496 e. The summed E-state index contributed by atoms with van der Waals surface area (Å²) in [6, 6.07) is 4.51. The van der Waals surface area contributed by atoms with E-state index >= 15 is 0 Å². The molecule has 0 fully saturated rings. The second-order valence-corrected chi connectivity index (χ2v) is 5.62. The normalized spacial score (nSPS) is 13.2. The van der Waals surface area contributed by atoms with Crippen LogP contribution in [0.15, 0.2) is 23.1 Å². The molecule has 4 nitrogen and oxygen atoms in total. The van der Waals surface area contributed by atoms with Crippen molar-refractivity contribution < 1.29 is 17.9 Å². The largest absolute Gasteiger partial charge is 0.496 e. The van der Waals surface area contributed by atoms with Crippen molar-refractivity contribution in [3.8, 4) is 5.75 Å². The first kappa shape index (κ1) is 12.7. The maximum atomic E-state index is 11.4. The molecule has 0 spiro atoms. The van der Waals surface area contributed by atoms with Gasteiger partial charge in [-0.2, -0.15) is 0 Å². The lowest BCUT2D eigenvalue weighted by molar-refractivity contribution is -0.108. The van der Waals surface area contributed by atoms with Gasteiger partial charge < -0.3 is 9.53 Å². The van der Waals surface area contributed by atoms with Crippen LogP contribution >= 0.6 is 0 Å². The lowest BCUT2D eigenvalue weighted by atomic mass is 10.0. The number of sulfone groups is 1. The summed E-state index contributed by atoms with van der Waals surface area (Å²) in [6.45, 7) is 1.69. The Labute approximate surface area is 95.2 Å². The molecule has 1 aromatic carbocycles. The van der Waals surface area contributed by atoms with Crippen molar-refractivity contribution in [2.24, 2.45) is 0 Å². The van der Waals surface area contributed by atoms with Gasteiger partial charge in [0, 0.05) is 17.7 Å². The molecular weight excluding hydrogens is 228 g/mol. The highest BCUT2D eigenvalue weighted by molar-refractivity contribution is 7.90. The molecule has 0 radical (unpaired) electrons. The van der Waals surface area contributed by atoms with Crippen LogP contribution in [0.25, 0.3) is 0 Å². The number of methoxy groups -OCH3 is 1. The molecular formula is C11H14O4S. The van der Waals surface area contributed by atoms with E-state index in [0.29, 0.717) is 11.3 Å². The summed E-state index contributed by atoms with van der Waals surface area (Å²) in [5.74, 6) is 0.128. The molecule has 16 heavy (non-hydrogen) atoms. The minimum absolute atomic E-state index is 0.192. The van der Waals surface area contributed by atoms with Crippen LogP contribution in [0.1, 0.15) is 18.4 Å². The molecule has 0 heterocycles. The van der Waals surface area contributed by atoms with Gasteiger partial charge in [0.25, 0.3) is 0 Å². The maximum absolute atomic E-state index is 11.4. The summed E-state index contributed by atoms with van der Waals surface area (Å²) in [5.41, 5.74) is 0.584. The molecule has 0 aliphatic rings. The highest BCUT2D eigenvalue weighted by Gasteiger charge is 2.15. The molecule has 0 saturated heterocycles. The van der Waals surface area contributed by atoms with Crippen LogP contribution in [0.4, 0.5) is 0 Å². The third-order valence-corrected chi connectivity index (χ3v) is 3.43. The summed E-state index contributed by atoms with van der Waals surface area (Å²) in [5, 5.41) is 0. The van der Waals surface area contributed by atoms with Crippen molar-refractivity contribution in [2.45, 2.75) is 17.7 Å². The first-order valence-electron chi connectivity index (χ1n) is 4.73. The van der Waals surface area contributed by atoms with Gasteiger partial charge in [-0.05, 0) is 18.2 Å². The number of aldehydes is 1. The molecule has 1 unspecified atom stereocenters. The number of ether oxygens (including phenoxy) is 1. The van der Waals surface area contributed by atoms with Gasteiger partial charge in [-0.25, -0.2) is 8.42 Å². The van der Waals surface area contributed by atoms with E-state index in [1.807, 2.05) is 0 Å². The summed E-state index contributed by atoms with van der Waals surface area (Å²) in [7, 11) is -1.78. The standard InChI is InChI=1S/C11H14O4S/c1-8(7-12)10-6-9(16(3,13)14)4-5-11(10)15-2/h4-8H,1-3H3. The van der Waals surface area contributed by atoms with E-state index < -0.39 is 15.8 Å². The average molecular weight is 242 g/mol. The van der Waals surface area contributed by atoms with E-state index in [9.17, 15) is 13.2 Å². The summed E-state index contributed by atoms with van der Waals surface area (Å²) < 4.78 is 27.8.